The summed E-state index contributed by atoms with van der Waals surface area (Å²) in [6.07, 6.45) is 3.84. The molecular formula is C29H34ClN7O4S. The molecule has 11 nitrogen and oxygen atoms in total. The third kappa shape index (κ3) is 6.15. The van der Waals surface area contributed by atoms with Crippen molar-refractivity contribution in [3.8, 4) is 28.6 Å². The van der Waals surface area contributed by atoms with Gasteiger partial charge in [-0.3, -0.25) is 4.68 Å². The summed E-state index contributed by atoms with van der Waals surface area (Å²) >= 11 is 6.91. The quantitative estimate of drug-likeness (QED) is 0.273. The largest absolute Gasteiger partial charge is 0.507 e. The molecular weight excluding hydrogens is 578 g/mol. The van der Waals surface area contributed by atoms with Gasteiger partial charge in [0.25, 0.3) is 10.0 Å². The predicted molar refractivity (Wildman–Crippen MR) is 163 cm³/mol. The zero-order chi connectivity index (χ0) is 30.0. The summed E-state index contributed by atoms with van der Waals surface area (Å²) in [7, 11) is -0.358. The molecule has 1 saturated heterocycles. The second-order valence-corrected chi connectivity index (χ2v) is 12.4. The van der Waals surface area contributed by atoms with Crippen molar-refractivity contribution in [2.75, 3.05) is 42.8 Å². The molecule has 2 aromatic heterocycles. The molecule has 0 amide bonds. The summed E-state index contributed by atoms with van der Waals surface area (Å²) in [6, 6.07) is 10.7. The first-order chi connectivity index (χ1) is 20.1. The van der Waals surface area contributed by atoms with Crippen LogP contribution in [0.3, 0.4) is 0 Å². The van der Waals surface area contributed by atoms with E-state index in [2.05, 4.69) is 36.6 Å². The van der Waals surface area contributed by atoms with Crippen LogP contribution in [0.15, 0.2) is 53.7 Å². The minimum Gasteiger partial charge on any atom is -0.507 e. The maximum Gasteiger partial charge on any atom is 0.267 e. The maximum atomic E-state index is 13.2. The second kappa shape index (κ2) is 12.2. The Hall–Kier alpha value is -3.87. The number of halogens is 1. The van der Waals surface area contributed by atoms with Crippen LogP contribution in [-0.2, 0) is 23.5 Å². The Labute approximate surface area is 250 Å². The lowest BCUT2D eigenvalue weighted by Gasteiger charge is -2.34. The Morgan fingerprint density at radius 3 is 2.48 bits per heavy atom. The first-order valence-electron chi connectivity index (χ1n) is 13.7. The predicted octanol–water partition coefficient (Wildman–Crippen LogP) is 4.84. The number of benzene rings is 2. The number of rotatable bonds is 9. The number of piperazine rings is 1. The maximum absolute atomic E-state index is 13.2. The van der Waals surface area contributed by atoms with E-state index in [0.29, 0.717) is 34.0 Å². The van der Waals surface area contributed by atoms with Crippen LogP contribution >= 0.6 is 11.6 Å². The molecule has 0 atom stereocenters. The summed E-state index contributed by atoms with van der Waals surface area (Å²) in [5.74, 6) is 0.321. The summed E-state index contributed by atoms with van der Waals surface area (Å²) in [6.45, 7) is 7.33. The van der Waals surface area contributed by atoms with Crippen LogP contribution in [0.25, 0.3) is 11.3 Å². The molecule has 1 aliphatic heterocycles. The number of nitrogens with one attached hydrogen (secondary N) is 1. The highest BCUT2D eigenvalue weighted by Gasteiger charge is 2.26. The van der Waals surface area contributed by atoms with Gasteiger partial charge < -0.3 is 19.6 Å². The Morgan fingerprint density at radius 1 is 1.07 bits per heavy atom. The molecule has 5 rings (SSSR count). The number of anilines is 2. The lowest BCUT2D eigenvalue weighted by molar-refractivity contribution is 0.313. The van der Waals surface area contributed by atoms with Gasteiger partial charge >= 0.3 is 0 Å². The molecule has 1 fully saturated rings. The van der Waals surface area contributed by atoms with E-state index in [-0.39, 0.29) is 22.5 Å². The summed E-state index contributed by atoms with van der Waals surface area (Å²) < 4.78 is 36.7. The molecule has 2 N–H and O–H groups in total. The number of aromatic nitrogens is 4. The van der Waals surface area contributed by atoms with Gasteiger partial charge in [-0.2, -0.15) is 10.1 Å². The number of hydrogen-bond donors (Lipinski definition) is 2. The first kappa shape index (κ1) is 29.6. The van der Waals surface area contributed by atoms with Crippen molar-refractivity contribution >= 4 is 33.3 Å². The number of aryl methyl sites for hydroxylation is 2. The summed E-state index contributed by atoms with van der Waals surface area (Å²) in [5.41, 5.74) is 3.06. The fourth-order valence-corrected chi connectivity index (χ4v) is 6.14. The first-order valence-corrected chi connectivity index (χ1v) is 15.5. The van der Waals surface area contributed by atoms with E-state index in [0.717, 1.165) is 43.9 Å². The molecule has 0 saturated carbocycles. The van der Waals surface area contributed by atoms with E-state index >= 15 is 0 Å². The van der Waals surface area contributed by atoms with Crippen molar-refractivity contribution in [3.05, 3.63) is 64.9 Å². The highest BCUT2D eigenvalue weighted by atomic mass is 35.5. The van der Waals surface area contributed by atoms with Crippen molar-refractivity contribution in [2.45, 2.75) is 31.6 Å². The normalized spacial score (nSPS) is 14.3. The van der Waals surface area contributed by atoms with Crippen molar-refractivity contribution in [1.29, 1.82) is 0 Å². The van der Waals surface area contributed by atoms with E-state index in [9.17, 15) is 13.5 Å². The molecule has 4 aromatic rings. The smallest absolute Gasteiger partial charge is 0.267 e. The standard InChI is InChI=1S/C29H34ClN7O4S/c1-5-8-21-27(25-19(2)9-6-11-23(25)38)32-29(34-42(39,40)20-17-31-36(4)18-20)33-28(21)41-24-12-7-10-22(26(24)30)37-15-13-35(3)14-16-37/h6-7,9-12,17-18,38H,5,8,13-16H2,1-4H3,(H,32,33,34). The molecule has 2 aromatic carbocycles. The number of nitrogens with zero attached hydrogens (tertiary/aromatic N) is 6. The van der Waals surface area contributed by atoms with Crippen LogP contribution in [0.4, 0.5) is 11.6 Å². The molecule has 0 spiro atoms. The number of aromatic hydroxyl groups is 1. The van der Waals surface area contributed by atoms with Crippen molar-refractivity contribution in [3.63, 3.8) is 0 Å². The van der Waals surface area contributed by atoms with Gasteiger partial charge in [-0.15, -0.1) is 0 Å². The molecule has 0 aliphatic carbocycles. The van der Waals surface area contributed by atoms with Gasteiger partial charge in [0.2, 0.25) is 11.8 Å². The van der Waals surface area contributed by atoms with Gasteiger partial charge in [-0.1, -0.05) is 43.1 Å². The molecule has 42 heavy (non-hydrogen) atoms. The van der Waals surface area contributed by atoms with Crippen molar-refractivity contribution in [1.82, 2.24) is 24.6 Å². The Kier molecular flexibility index (Phi) is 8.58. The van der Waals surface area contributed by atoms with Gasteiger partial charge in [0.05, 0.1) is 17.6 Å². The summed E-state index contributed by atoms with van der Waals surface area (Å²) in [4.78, 5) is 13.6. The third-order valence-electron chi connectivity index (χ3n) is 7.17. The topological polar surface area (TPSA) is 126 Å². The van der Waals surface area contributed by atoms with Gasteiger partial charge in [-0.05, 0) is 44.2 Å². The number of likely N-dealkylation sites (N-methyl/N-ethyl adjacent to an activating group) is 1. The fourth-order valence-electron chi connectivity index (χ4n) is 4.93. The zero-order valence-electron chi connectivity index (χ0n) is 24.0. The van der Waals surface area contributed by atoms with Gasteiger partial charge in [0, 0.05) is 50.6 Å². The monoisotopic (exact) mass is 611 g/mol. The molecule has 222 valence electrons. The minimum atomic E-state index is -4.07. The number of hydrogen-bond acceptors (Lipinski definition) is 9. The molecule has 3 heterocycles. The van der Waals surface area contributed by atoms with Gasteiger partial charge in [0.1, 0.15) is 21.4 Å². The highest BCUT2D eigenvalue weighted by molar-refractivity contribution is 7.92. The van der Waals surface area contributed by atoms with E-state index < -0.39 is 10.0 Å². The van der Waals surface area contributed by atoms with Gasteiger partial charge in [-0.25, -0.2) is 18.1 Å². The van der Waals surface area contributed by atoms with E-state index in [1.165, 1.54) is 17.1 Å². The number of ether oxygens (including phenoxy) is 1. The van der Waals surface area contributed by atoms with Crippen molar-refractivity contribution in [2.24, 2.45) is 7.05 Å². The molecule has 0 unspecified atom stereocenters. The Bertz CT molecular complexity index is 1680. The average molecular weight is 612 g/mol. The summed E-state index contributed by atoms with van der Waals surface area (Å²) in [5, 5.41) is 15.3. The van der Waals surface area contributed by atoms with E-state index in [1.807, 2.05) is 32.0 Å². The second-order valence-electron chi connectivity index (χ2n) is 10.3. The molecule has 0 radical (unpaired) electrons. The van der Waals surface area contributed by atoms with Crippen LogP contribution in [0.5, 0.6) is 17.4 Å². The molecule has 0 bridgehead atoms. The number of phenolic OH excluding ortho intramolecular Hbond substituents is 1. The lowest BCUT2D eigenvalue weighted by Crippen LogP contribution is -2.44. The van der Waals surface area contributed by atoms with Crippen LogP contribution in [0.2, 0.25) is 5.02 Å². The van der Waals surface area contributed by atoms with Crippen LogP contribution in [0.1, 0.15) is 24.5 Å². The number of phenols is 1. The van der Waals surface area contributed by atoms with Gasteiger partial charge in [0.15, 0.2) is 0 Å². The SMILES string of the molecule is CCCc1c(Oc2cccc(N3CCN(C)CC3)c2Cl)nc(NS(=O)(=O)c2cnn(C)c2)nc1-c1c(C)cccc1O. The van der Waals surface area contributed by atoms with Crippen LogP contribution < -0.4 is 14.4 Å². The Morgan fingerprint density at radius 2 is 1.81 bits per heavy atom. The molecule has 1 aliphatic rings. The van der Waals surface area contributed by atoms with Crippen LogP contribution in [-0.4, -0.2) is 71.4 Å². The van der Waals surface area contributed by atoms with Crippen molar-refractivity contribution < 1.29 is 18.3 Å². The van der Waals surface area contributed by atoms with Crippen LogP contribution in [0, 0.1) is 6.92 Å². The Balaban J connectivity index is 1.63. The molecule has 13 heteroatoms. The van der Waals surface area contributed by atoms with E-state index in [4.69, 9.17) is 16.3 Å². The number of sulfonamides is 1. The highest BCUT2D eigenvalue weighted by Crippen LogP contribution is 2.42. The zero-order valence-corrected chi connectivity index (χ0v) is 25.6. The third-order valence-corrected chi connectivity index (χ3v) is 8.83. The minimum absolute atomic E-state index is 0.00756. The fraction of sp³-hybridized carbons (Fsp3) is 0.345. The lowest BCUT2D eigenvalue weighted by atomic mass is 9.98. The van der Waals surface area contributed by atoms with E-state index in [1.54, 1.807) is 25.2 Å². The average Bonchev–Trinajstić information content (AvgIpc) is 3.39.